The number of anilines is 2. The van der Waals surface area contributed by atoms with Gasteiger partial charge in [-0.25, -0.2) is 8.42 Å². The van der Waals surface area contributed by atoms with Crippen molar-refractivity contribution in [1.82, 2.24) is 10.3 Å². The number of ether oxygens (including phenoxy) is 1. The lowest BCUT2D eigenvalue weighted by Crippen LogP contribution is -2.29. The van der Waals surface area contributed by atoms with E-state index in [4.69, 9.17) is 33.0 Å². The first-order valence-electron chi connectivity index (χ1n) is 11.7. The van der Waals surface area contributed by atoms with Crippen LogP contribution < -0.4 is 19.7 Å². The SMILES string of the molecule is COc1ccc(N2C(=S)N[C@H](c3ccccn3)[C@@H]2c2ccc(-c3cc(Cl)ccc3C)o2)cc1NS(C)(=O)=O. The van der Waals surface area contributed by atoms with Crippen LogP contribution in [0.3, 0.4) is 0 Å². The minimum Gasteiger partial charge on any atom is -0.495 e. The van der Waals surface area contributed by atoms with Crippen LogP contribution >= 0.6 is 23.8 Å². The Kier molecular flexibility index (Phi) is 7.04. The maximum Gasteiger partial charge on any atom is 0.229 e. The molecule has 4 aromatic rings. The third-order valence-corrected chi connectivity index (χ3v) is 7.38. The van der Waals surface area contributed by atoms with Crippen LogP contribution in [0.4, 0.5) is 11.4 Å². The van der Waals surface area contributed by atoms with Gasteiger partial charge in [0.05, 0.1) is 30.8 Å². The monoisotopic (exact) mass is 568 g/mol. The van der Waals surface area contributed by atoms with Gasteiger partial charge in [-0.2, -0.15) is 0 Å². The summed E-state index contributed by atoms with van der Waals surface area (Å²) < 4.78 is 38.4. The van der Waals surface area contributed by atoms with Gasteiger partial charge in [0.2, 0.25) is 10.0 Å². The van der Waals surface area contributed by atoms with E-state index in [-0.39, 0.29) is 6.04 Å². The zero-order chi connectivity index (χ0) is 27.0. The second-order valence-corrected chi connectivity index (χ2v) is 11.5. The minimum atomic E-state index is -3.55. The first-order valence-corrected chi connectivity index (χ1v) is 14.3. The number of methoxy groups -OCH3 is 1. The molecule has 0 saturated carbocycles. The Labute approximate surface area is 231 Å². The van der Waals surface area contributed by atoms with Crippen molar-refractivity contribution in [2.75, 3.05) is 23.0 Å². The van der Waals surface area contributed by atoms with Gasteiger partial charge in [-0.05, 0) is 79.3 Å². The number of rotatable bonds is 7. The van der Waals surface area contributed by atoms with Crippen molar-refractivity contribution in [1.29, 1.82) is 0 Å². The number of benzene rings is 2. The van der Waals surface area contributed by atoms with Crippen molar-refractivity contribution in [2.45, 2.75) is 19.0 Å². The summed E-state index contributed by atoms with van der Waals surface area (Å²) in [6.45, 7) is 2.00. The summed E-state index contributed by atoms with van der Waals surface area (Å²) in [5, 5.41) is 4.43. The van der Waals surface area contributed by atoms with Crippen LogP contribution in [-0.2, 0) is 10.0 Å². The Balaban J connectivity index is 1.63. The summed E-state index contributed by atoms with van der Waals surface area (Å²) in [6, 6.07) is 19.6. The van der Waals surface area contributed by atoms with E-state index in [0.717, 1.165) is 23.1 Å². The number of pyridine rings is 1. The van der Waals surface area contributed by atoms with Crippen LogP contribution in [-0.4, -0.2) is 31.9 Å². The van der Waals surface area contributed by atoms with Gasteiger partial charge in [-0.15, -0.1) is 0 Å². The summed E-state index contributed by atoms with van der Waals surface area (Å²) in [5.74, 6) is 1.70. The molecule has 0 unspecified atom stereocenters. The molecule has 2 N–H and O–H groups in total. The second-order valence-electron chi connectivity index (χ2n) is 8.92. The number of sulfonamides is 1. The summed E-state index contributed by atoms with van der Waals surface area (Å²) in [4.78, 5) is 6.46. The highest BCUT2D eigenvalue weighted by Gasteiger charge is 2.43. The maximum absolute atomic E-state index is 12.0. The number of hydrogen-bond acceptors (Lipinski definition) is 6. The molecule has 11 heteroatoms. The van der Waals surface area contributed by atoms with Gasteiger partial charge < -0.3 is 19.4 Å². The molecule has 2 aromatic carbocycles. The Hall–Kier alpha value is -3.60. The topological polar surface area (TPSA) is 96.7 Å². The average Bonchev–Trinajstić information content (AvgIpc) is 3.49. The van der Waals surface area contributed by atoms with Crippen molar-refractivity contribution < 1.29 is 17.6 Å². The molecular weight excluding hydrogens is 544 g/mol. The molecule has 1 aliphatic heterocycles. The Morgan fingerprint density at radius 1 is 1.13 bits per heavy atom. The van der Waals surface area contributed by atoms with Crippen molar-refractivity contribution in [3.05, 3.63) is 95.0 Å². The number of hydrogen-bond donors (Lipinski definition) is 2. The molecule has 8 nitrogen and oxygen atoms in total. The fraction of sp³-hybridized carbons (Fsp3) is 0.185. The van der Waals surface area contributed by atoms with Crippen molar-refractivity contribution in [2.24, 2.45) is 0 Å². The Bertz CT molecular complexity index is 1610. The third-order valence-electron chi connectivity index (χ3n) is 6.24. The highest BCUT2D eigenvalue weighted by Crippen LogP contribution is 2.44. The molecule has 1 fully saturated rings. The van der Waals surface area contributed by atoms with E-state index in [0.29, 0.717) is 38.8 Å². The number of furan rings is 1. The molecule has 5 rings (SSSR count). The second kappa shape index (κ2) is 10.3. The van der Waals surface area contributed by atoms with Crippen molar-refractivity contribution >= 4 is 50.3 Å². The third kappa shape index (κ3) is 5.20. The molecule has 1 aliphatic rings. The summed E-state index contributed by atoms with van der Waals surface area (Å²) >= 11 is 12.1. The molecule has 2 atom stereocenters. The molecule has 0 aliphatic carbocycles. The lowest BCUT2D eigenvalue weighted by Gasteiger charge is -2.27. The van der Waals surface area contributed by atoms with Gasteiger partial charge in [0, 0.05) is 22.5 Å². The van der Waals surface area contributed by atoms with E-state index in [9.17, 15) is 8.42 Å². The first kappa shape index (κ1) is 26.0. The molecule has 0 radical (unpaired) electrons. The first-order chi connectivity index (χ1) is 18.1. The highest BCUT2D eigenvalue weighted by molar-refractivity contribution is 7.92. The number of aryl methyl sites for hydroxylation is 1. The van der Waals surface area contributed by atoms with E-state index in [1.165, 1.54) is 7.11 Å². The molecular formula is C27H25ClN4O4S2. The maximum atomic E-state index is 12.0. The number of nitrogens with zero attached hydrogens (tertiary/aromatic N) is 2. The number of aromatic nitrogens is 1. The van der Waals surface area contributed by atoms with E-state index < -0.39 is 16.1 Å². The van der Waals surface area contributed by atoms with Crippen molar-refractivity contribution in [3.63, 3.8) is 0 Å². The van der Waals surface area contributed by atoms with Crippen LogP contribution in [0.1, 0.15) is 29.1 Å². The van der Waals surface area contributed by atoms with Gasteiger partial charge in [0.15, 0.2) is 5.11 Å². The van der Waals surface area contributed by atoms with Gasteiger partial charge in [-0.3, -0.25) is 9.71 Å². The summed E-state index contributed by atoms with van der Waals surface area (Å²) in [6.07, 6.45) is 2.81. The van der Waals surface area contributed by atoms with Crippen LogP contribution in [0.25, 0.3) is 11.3 Å². The quantitative estimate of drug-likeness (QED) is 0.268. The minimum absolute atomic E-state index is 0.296. The largest absolute Gasteiger partial charge is 0.495 e. The Morgan fingerprint density at radius 2 is 1.95 bits per heavy atom. The van der Waals surface area contributed by atoms with Crippen LogP contribution in [0, 0.1) is 6.92 Å². The lowest BCUT2D eigenvalue weighted by molar-refractivity contribution is 0.416. The van der Waals surface area contributed by atoms with E-state index >= 15 is 0 Å². The molecule has 196 valence electrons. The van der Waals surface area contributed by atoms with Crippen LogP contribution in [0.15, 0.2) is 77.3 Å². The van der Waals surface area contributed by atoms with Gasteiger partial charge >= 0.3 is 0 Å². The smallest absolute Gasteiger partial charge is 0.229 e. The number of thiocarbonyl (C=S) groups is 1. The zero-order valence-electron chi connectivity index (χ0n) is 20.8. The van der Waals surface area contributed by atoms with E-state index in [2.05, 4.69) is 15.0 Å². The number of halogens is 1. The molecule has 3 heterocycles. The van der Waals surface area contributed by atoms with E-state index in [1.807, 2.05) is 66.4 Å². The Morgan fingerprint density at radius 3 is 2.66 bits per heavy atom. The zero-order valence-corrected chi connectivity index (χ0v) is 23.2. The lowest BCUT2D eigenvalue weighted by atomic mass is 10.0. The fourth-order valence-corrected chi connectivity index (χ4v) is 5.64. The predicted molar refractivity (Wildman–Crippen MR) is 153 cm³/mol. The molecule has 1 saturated heterocycles. The average molecular weight is 569 g/mol. The van der Waals surface area contributed by atoms with Crippen LogP contribution in [0.5, 0.6) is 5.75 Å². The van der Waals surface area contributed by atoms with Gasteiger partial charge in [-0.1, -0.05) is 23.7 Å². The molecule has 0 spiro atoms. The van der Waals surface area contributed by atoms with Gasteiger partial charge in [0.1, 0.15) is 23.3 Å². The predicted octanol–water partition coefficient (Wildman–Crippen LogP) is 5.86. The molecule has 2 aromatic heterocycles. The molecule has 0 bridgehead atoms. The standard InChI is InChI=1S/C27H25ClN4O4S2/c1-16-7-8-17(28)14-19(16)22-11-12-24(36-22)26-25(20-6-4-5-13-29-20)30-27(37)32(26)18-9-10-23(35-2)21(15-18)31-38(3,33)34/h4-15,25-26,31H,1-3H3,(H,30,37)/t25-,26+/m1/s1. The number of nitrogens with one attached hydrogen (secondary N) is 2. The van der Waals surface area contributed by atoms with Crippen molar-refractivity contribution in [3.8, 4) is 17.1 Å². The normalized spacial score (nSPS) is 17.4. The van der Waals surface area contributed by atoms with Crippen LogP contribution in [0.2, 0.25) is 5.02 Å². The summed E-state index contributed by atoms with van der Waals surface area (Å²) in [7, 11) is -2.08. The summed E-state index contributed by atoms with van der Waals surface area (Å²) in [5.41, 5.74) is 3.64. The fourth-order valence-electron chi connectivity index (χ4n) is 4.56. The molecule has 38 heavy (non-hydrogen) atoms. The van der Waals surface area contributed by atoms with Gasteiger partial charge in [0.25, 0.3) is 0 Å². The van der Waals surface area contributed by atoms with E-state index in [1.54, 1.807) is 18.3 Å². The highest BCUT2D eigenvalue weighted by atomic mass is 35.5. The molecule has 0 amide bonds.